The molecule has 1 aliphatic heterocycles. The van der Waals surface area contributed by atoms with Gasteiger partial charge in [0, 0.05) is 31.1 Å². The molecular formula is C35H43ClN6O6S. The van der Waals surface area contributed by atoms with Gasteiger partial charge in [0.2, 0.25) is 21.8 Å². The number of carbonyl (C=O) groups is 2. The highest BCUT2D eigenvalue weighted by Crippen LogP contribution is 2.30. The van der Waals surface area contributed by atoms with E-state index in [-0.39, 0.29) is 47.0 Å². The Morgan fingerprint density at radius 1 is 0.980 bits per heavy atom. The Morgan fingerprint density at radius 2 is 1.69 bits per heavy atom. The highest BCUT2D eigenvalue weighted by molar-refractivity contribution is 7.89. The van der Waals surface area contributed by atoms with Gasteiger partial charge in [-0.05, 0) is 97.7 Å². The molecule has 1 aliphatic carbocycles. The number of H-pyrrole nitrogens is 2. The van der Waals surface area contributed by atoms with E-state index in [1.54, 1.807) is 30.3 Å². The summed E-state index contributed by atoms with van der Waals surface area (Å²) in [5.41, 5.74) is 10.0. The SMILES string of the molecule is Cc1ccc(S(=O)(=O)N2CCOCC2)cc1-c1ccc(C[C@H](NC(=O)C2CCC(CN)CC2)C(=O)Nc2ccc3c(=O)[nH][nH]c3c2)cc1.Cl. The highest BCUT2D eigenvalue weighted by atomic mass is 35.5. The zero-order valence-corrected chi connectivity index (χ0v) is 29.0. The summed E-state index contributed by atoms with van der Waals surface area (Å²) in [5.74, 6) is -0.292. The number of fused-ring (bicyclic) bond motifs is 1. The first-order valence-corrected chi connectivity index (χ1v) is 17.9. The molecule has 6 rings (SSSR count). The lowest BCUT2D eigenvalue weighted by Crippen LogP contribution is -2.48. The molecule has 4 aromatic rings. The van der Waals surface area contributed by atoms with Crippen LogP contribution in [0.25, 0.3) is 22.0 Å². The van der Waals surface area contributed by atoms with Crippen LogP contribution in [0.15, 0.2) is 70.4 Å². The lowest BCUT2D eigenvalue weighted by Gasteiger charge is -2.28. The minimum atomic E-state index is -3.66. The monoisotopic (exact) mass is 710 g/mol. The number of rotatable bonds is 10. The molecule has 0 unspecified atom stereocenters. The molecule has 1 saturated carbocycles. The van der Waals surface area contributed by atoms with Crippen LogP contribution >= 0.6 is 12.4 Å². The average molecular weight is 711 g/mol. The lowest BCUT2D eigenvalue weighted by atomic mass is 9.81. The van der Waals surface area contributed by atoms with E-state index >= 15 is 0 Å². The van der Waals surface area contributed by atoms with Crippen molar-refractivity contribution in [3.8, 4) is 11.1 Å². The molecule has 1 saturated heterocycles. The number of nitrogens with two attached hydrogens (primary N) is 1. The third-order valence-electron chi connectivity index (χ3n) is 9.55. The van der Waals surface area contributed by atoms with Gasteiger partial charge in [-0.1, -0.05) is 30.3 Å². The third-order valence-corrected chi connectivity index (χ3v) is 11.4. The normalized spacial score (nSPS) is 19.1. The van der Waals surface area contributed by atoms with E-state index < -0.39 is 16.1 Å². The largest absolute Gasteiger partial charge is 0.379 e. The maximum absolute atomic E-state index is 13.7. The van der Waals surface area contributed by atoms with Crippen LogP contribution in [0.3, 0.4) is 0 Å². The van der Waals surface area contributed by atoms with Crippen molar-refractivity contribution in [2.24, 2.45) is 17.6 Å². The number of aromatic nitrogens is 2. The molecule has 49 heavy (non-hydrogen) atoms. The van der Waals surface area contributed by atoms with Crippen LogP contribution in [-0.2, 0) is 30.8 Å². The summed E-state index contributed by atoms with van der Waals surface area (Å²) >= 11 is 0. The molecule has 14 heteroatoms. The topological polar surface area (TPSA) is 179 Å². The van der Waals surface area contributed by atoms with Gasteiger partial charge >= 0.3 is 0 Å². The summed E-state index contributed by atoms with van der Waals surface area (Å²) in [7, 11) is -3.66. The predicted octanol–water partition coefficient (Wildman–Crippen LogP) is 3.71. The summed E-state index contributed by atoms with van der Waals surface area (Å²) in [6, 6.07) is 16.9. The third kappa shape index (κ3) is 8.25. The Hall–Kier alpha value is -4.01. The standard InChI is InChI=1S/C35H42N6O6S.ClH/c1-22-2-12-28(48(45,46)41-14-16-47-17-15-41)20-30(22)25-7-3-23(4-8-25)18-32(38-33(42)26-9-5-24(21-36)6-10-26)35(44)37-27-11-13-29-31(19-27)39-40-34(29)43;/h2-4,7-8,11-13,19-20,24,26,32H,5-6,9-10,14-18,21,36H2,1H3,(H,37,44)(H,38,42)(H2,39,40,43);1H/t24?,26?,32-;/m0./s1. The molecule has 262 valence electrons. The molecular weight excluding hydrogens is 668 g/mol. The summed E-state index contributed by atoms with van der Waals surface area (Å²) in [4.78, 5) is 39.3. The predicted molar refractivity (Wildman–Crippen MR) is 191 cm³/mol. The van der Waals surface area contributed by atoms with Crippen LogP contribution in [0.4, 0.5) is 5.69 Å². The number of carbonyl (C=O) groups excluding carboxylic acids is 2. The number of ether oxygens (including phenoxy) is 1. The highest BCUT2D eigenvalue weighted by Gasteiger charge is 2.30. The van der Waals surface area contributed by atoms with Gasteiger partial charge in [0.05, 0.1) is 29.0 Å². The van der Waals surface area contributed by atoms with Crippen molar-refractivity contribution in [2.75, 3.05) is 38.2 Å². The van der Waals surface area contributed by atoms with Gasteiger partial charge in [-0.25, -0.2) is 8.42 Å². The molecule has 2 aliphatic rings. The zero-order chi connectivity index (χ0) is 33.8. The molecule has 3 aromatic carbocycles. The van der Waals surface area contributed by atoms with Crippen molar-refractivity contribution in [3.63, 3.8) is 0 Å². The quantitative estimate of drug-likeness (QED) is 0.166. The van der Waals surface area contributed by atoms with Gasteiger partial charge in [0.1, 0.15) is 6.04 Å². The van der Waals surface area contributed by atoms with Crippen LogP contribution < -0.4 is 21.9 Å². The molecule has 6 N–H and O–H groups in total. The fraction of sp³-hybridized carbons (Fsp3) is 0.400. The fourth-order valence-electron chi connectivity index (χ4n) is 6.57. The maximum Gasteiger partial charge on any atom is 0.271 e. The first-order chi connectivity index (χ1) is 23.1. The molecule has 2 heterocycles. The van der Waals surface area contributed by atoms with Crippen LogP contribution in [-0.4, -0.2) is 73.6 Å². The number of aromatic amines is 2. The second kappa shape index (κ2) is 15.7. The number of nitrogens with one attached hydrogen (secondary N) is 4. The van der Waals surface area contributed by atoms with E-state index in [9.17, 15) is 22.8 Å². The summed E-state index contributed by atoms with van der Waals surface area (Å²) in [6.45, 7) is 3.93. The minimum absolute atomic E-state index is 0. The van der Waals surface area contributed by atoms with Crippen molar-refractivity contribution in [3.05, 3.63) is 82.1 Å². The molecule has 1 aromatic heterocycles. The van der Waals surface area contributed by atoms with Crippen molar-refractivity contribution >= 4 is 50.8 Å². The average Bonchev–Trinajstić information content (AvgIpc) is 3.48. The summed E-state index contributed by atoms with van der Waals surface area (Å²) < 4.78 is 33.4. The maximum atomic E-state index is 13.7. The number of hydrogen-bond donors (Lipinski definition) is 5. The number of amides is 2. The molecule has 0 radical (unpaired) electrons. The van der Waals surface area contributed by atoms with E-state index in [0.717, 1.165) is 47.9 Å². The smallest absolute Gasteiger partial charge is 0.271 e. The second-order valence-electron chi connectivity index (χ2n) is 12.7. The molecule has 0 spiro atoms. The number of sulfonamides is 1. The summed E-state index contributed by atoms with van der Waals surface area (Å²) in [5, 5.41) is 11.7. The van der Waals surface area contributed by atoms with E-state index in [2.05, 4.69) is 20.8 Å². The van der Waals surface area contributed by atoms with E-state index in [4.69, 9.17) is 10.5 Å². The summed E-state index contributed by atoms with van der Waals surface area (Å²) in [6.07, 6.45) is 3.47. The van der Waals surface area contributed by atoms with Crippen LogP contribution in [0.1, 0.15) is 36.8 Å². The number of morpholine rings is 1. The van der Waals surface area contributed by atoms with Gasteiger partial charge in [0.15, 0.2) is 0 Å². The van der Waals surface area contributed by atoms with Crippen molar-refractivity contribution in [1.29, 1.82) is 0 Å². The van der Waals surface area contributed by atoms with Crippen LogP contribution in [0.2, 0.25) is 0 Å². The lowest BCUT2D eigenvalue weighted by molar-refractivity contribution is -0.130. The Labute approximate surface area is 291 Å². The number of anilines is 1. The van der Waals surface area contributed by atoms with Gasteiger partial charge in [-0.2, -0.15) is 4.31 Å². The first kappa shape index (κ1) is 36.3. The van der Waals surface area contributed by atoms with Crippen LogP contribution in [0.5, 0.6) is 0 Å². The number of halogens is 1. The molecule has 1 atom stereocenters. The Kier molecular flexibility index (Phi) is 11.6. The Morgan fingerprint density at radius 3 is 2.39 bits per heavy atom. The van der Waals surface area contributed by atoms with Gasteiger partial charge in [0.25, 0.3) is 5.56 Å². The molecule has 2 fully saturated rings. The molecule has 0 bridgehead atoms. The Balaban J connectivity index is 0.00000468. The van der Waals surface area contributed by atoms with Gasteiger partial charge < -0.3 is 21.1 Å². The van der Waals surface area contributed by atoms with Crippen molar-refractivity contribution < 1.29 is 22.7 Å². The van der Waals surface area contributed by atoms with Gasteiger partial charge in [-0.15, -0.1) is 12.4 Å². The number of hydrogen-bond acceptors (Lipinski definition) is 7. The number of benzene rings is 3. The zero-order valence-electron chi connectivity index (χ0n) is 27.4. The molecule has 2 amide bonds. The van der Waals surface area contributed by atoms with Gasteiger partial charge in [-0.3, -0.25) is 24.6 Å². The fourth-order valence-corrected chi connectivity index (χ4v) is 8.00. The van der Waals surface area contributed by atoms with Crippen LogP contribution in [0, 0.1) is 18.8 Å². The Bertz CT molecular complexity index is 1950. The number of aryl methyl sites for hydroxylation is 1. The van der Waals surface area contributed by atoms with E-state index in [0.29, 0.717) is 55.4 Å². The second-order valence-corrected chi connectivity index (χ2v) is 14.7. The van der Waals surface area contributed by atoms with E-state index in [1.165, 1.54) is 4.31 Å². The van der Waals surface area contributed by atoms with Crippen molar-refractivity contribution in [2.45, 2.75) is 50.0 Å². The minimum Gasteiger partial charge on any atom is -0.379 e. The van der Waals surface area contributed by atoms with Crippen molar-refractivity contribution in [1.82, 2.24) is 19.8 Å². The first-order valence-electron chi connectivity index (χ1n) is 16.4. The molecule has 12 nitrogen and oxygen atoms in total. The number of nitrogens with zero attached hydrogens (tertiary/aromatic N) is 1. The van der Waals surface area contributed by atoms with E-state index in [1.807, 2.05) is 37.3 Å².